The second kappa shape index (κ2) is 16.1. The van der Waals surface area contributed by atoms with E-state index in [-0.39, 0.29) is 0 Å². The van der Waals surface area contributed by atoms with Gasteiger partial charge in [0, 0.05) is 0 Å². The van der Waals surface area contributed by atoms with Crippen molar-refractivity contribution < 1.29 is 0 Å². The van der Waals surface area contributed by atoms with Crippen molar-refractivity contribution in [3.05, 3.63) is 266 Å². The standard InChI is InChI=1S/C67H44/c1-4-22-44(23-5-1)48-29-12-14-32-52(48)63-43-61(46-26-8-3-9-27-46)65(56-36-18-13-30-49(56)45-24-6-2-7-25-45)67(59-40-20-38-51-50-31-11-10-28-47(50)42-62(51)59)66(63)60-41-21-39-58-55-34-16-15-33-53(55)54-35-17-19-37-57(54)64(58)60/h1-41,43H,42H2. The first-order valence-electron chi connectivity index (χ1n) is 23.4. The van der Waals surface area contributed by atoms with Gasteiger partial charge >= 0.3 is 0 Å². The molecule has 0 heterocycles. The Labute approximate surface area is 391 Å². The van der Waals surface area contributed by atoms with Gasteiger partial charge in [0.1, 0.15) is 0 Å². The summed E-state index contributed by atoms with van der Waals surface area (Å²) in [6.45, 7) is 0. The minimum absolute atomic E-state index is 0.857. The third-order valence-electron chi connectivity index (χ3n) is 14.2. The highest BCUT2D eigenvalue weighted by Gasteiger charge is 2.31. The molecule has 0 saturated heterocycles. The molecule has 12 aromatic carbocycles. The summed E-state index contributed by atoms with van der Waals surface area (Å²) in [6.07, 6.45) is 0.857. The highest BCUT2D eigenvalue weighted by molar-refractivity contribution is 6.30. The summed E-state index contributed by atoms with van der Waals surface area (Å²) in [4.78, 5) is 0. The number of rotatable bonds is 7. The van der Waals surface area contributed by atoms with Crippen molar-refractivity contribution in [2.75, 3.05) is 0 Å². The molecule has 0 amide bonds. The van der Waals surface area contributed by atoms with E-state index >= 15 is 0 Å². The monoisotopic (exact) mass is 848 g/mol. The Balaban J connectivity index is 1.30. The topological polar surface area (TPSA) is 0 Å². The van der Waals surface area contributed by atoms with Crippen LogP contribution < -0.4 is 0 Å². The zero-order chi connectivity index (χ0) is 44.3. The minimum atomic E-state index is 0.857. The van der Waals surface area contributed by atoms with E-state index in [2.05, 4.69) is 255 Å². The first-order chi connectivity index (χ1) is 33.3. The van der Waals surface area contributed by atoms with E-state index in [1.165, 1.54) is 132 Å². The van der Waals surface area contributed by atoms with Gasteiger partial charge in [-0.1, -0.05) is 249 Å². The Morgan fingerprint density at radius 2 is 0.597 bits per heavy atom. The van der Waals surface area contributed by atoms with Gasteiger partial charge in [-0.15, -0.1) is 0 Å². The minimum Gasteiger partial charge on any atom is -0.0622 e. The summed E-state index contributed by atoms with van der Waals surface area (Å²) in [5, 5.41) is 7.57. The van der Waals surface area contributed by atoms with Crippen LogP contribution in [0.25, 0.3) is 121 Å². The van der Waals surface area contributed by atoms with E-state index in [1.54, 1.807) is 0 Å². The largest absolute Gasteiger partial charge is 0.0622 e. The Morgan fingerprint density at radius 1 is 0.209 bits per heavy atom. The highest BCUT2D eigenvalue weighted by Crippen LogP contribution is 2.56. The molecule has 13 rings (SSSR count). The lowest BCUT2D eigenvalue weighted by Crippen LogP contribution is -2.02. The van der Waals surface area contributed by atoms with Crippen molar-refractivity contribution in [1.29, 1.82) is 0 Å². The van der Waals surface area contributed by atoms with Crippen LogP contribution in [0.1, 0.15) is 11.1 Å². The molecule has 0 nitrogen and oxygen atoms in total. The van der Waals surface area contributed by atoms with E-state index in [0.29, 0.717) is 0 Å². The quantitative estimate of drug-likeness (QED) is 0.140. The Bertz CT molecular complexity index is 3820. The maximum absolute atomic E-state index is 2.53. The summed E-state index contributed by atoms with van der Waals surface area (Å²) in [6, 6.07) is 94.7. The normalized spacial score (nSPS) is 11.8. The summed E-state index contributed by atoms with van der Waals surface area (Å²) >= 11 is 0. The predicted octanol–water partition coefficient (Wildman–Crippen LogP) is 18.4. The van der Waals surface area contributed by atoms with Gasteiger partial charge in [0.05, 0.1) is 0 Å². The fraction of sp³-hybridized carbons (Fsp3) is 0.0149. The third-order valence-corrected chi connectivity index (χ3v) is 14.2. The molecule has 0 aliphatic heterocycles. The molecule has 0 radical (unpaired) electrons. The average Bonchev–Trinajstić information content (AvgIpc) is 3.80. The van der Waals surface area contributed by atoms with Crippen LogP contribution in [0.4, 0.5) is 0 Å². The average molecular weight is 849 g/mol. The molecule has 0 heteroatoms. The number of fused-ring (bicyclic) bond motifs is 9. The molecule has 0 spiro atoms. The lowest BCUT2D eigenvalue weighted by Gasteiger charge is -2.28. The van der Waals surface area contributed by atoms with E-state index in [9.17, 15) is 0 Å². The molecule has 0 aromatic heterocycles. The van der Waals surface area contributed by atoms with Gasteiger partial charge in [-0.3, -0.25) is 0 Å². The molecule has 1 aliphatic rings. The van der Waals surface area contributed by atoms with E-state index in [0.717, 1.165) is 6.42 Å². The Morgan fingerprint density at radius 3 is 1.22 bits per heavy atom. The van der Waals surface area contributed by atoms with Crippen molar-refractivity contribution in [2.45, 2.75) is 6.42 Å². The van der Waals surface area contributed by atoms with Gasteiger partial charge in [-0.05, 0) is 145 Å². The molecule has 1 aliphatic carbocycles. The van der Waals surface area contributed by atoms with E-state index in [1.807, 2.05) is 0 Å². The molecular weight excluding hydrogens is 805 g/mol. The van der Waals surface area contributed by atoms with Crippen LogP contribution in [0.5, 0.6) is 0 Å². The van der Waals surface area contributed by atoms with Crippen LogP contribution in [0.3, 0.4) is 0 Å². The van der Waals surface area contributed by atoms with Crippen molar-refractivity contribution in [2.24, 2.45) is 0 Å². The molecule has 0 atom stereocenters. The summed E-state index contributed by atoms with van der Waals surface area (Å²) < 4.78 is 0. The molecular formula is C67H44. The van der Waals surface area contributed by atoms with Gasteiger partial charge in [0.15, 0.2) is 0 Å². The predicted molar refractivity (Wildman–Crippen MR) is 285 cm³/mol. The van der Waals surface area contributed by atoms with Crippen molar-refractivity contribution >= 4 is 32.3 Å². The molecule has 12 aromatic rings. The second-order valence-electron chi connectivity index (χ2n) is 17.8. The van der Waals surface area contributed by atoms with Crippen LogP contribution in [-0.2, 0) is 6.42 Å². The lowest BCUT2D eigenvalue weighted by atomic mass is 9.74. The third kappa shape index (κ3) is 6.37. The highest BCUT2D eigenvalue weighted by atomic mass is 14.3. The van der Waals surface area contributed by atoms with Crippen LogP contribution >= 0.6 is 0 Å². The maximum atomic E-state index is 2.53. The van der Waals surface area contributed by atoms with Crippen molar-refractivity contribution in [1.82, 2.24) is 0 Å². The van der Waals surface area contributed by atoms with Gasteiger partial charge < -0.3 is 0 Å². The zero-order valence-corrected chi connectivity index (χ0v) is 37.0. The Hall–Kier alpha value is -8.58. The van der Waals surface area contributed by atoms with Crippen LogP contribution in [-0.4, -0.2) is 0 Å². The Kier molecular flexibility index (Phi) is 9.36. The van der Waals surface area contributed by atoms with Gasteiger partial charge in [-0.2, -0.15) is 0 Å². The molecule has 0 N–H and O–H groups in total. The molecule has 0 fully saturated rings. The van der Waals surface area contributed by atoms with Gasteiger partial charge in [0.25, 0.3) is 0 Å². The summed E-state index contributed by atoms with van der Waals surface area (Å²) in [5.41, 5.74) is 22.3. The summed E-state index contributed by atoms with van der Waals surface area (Å²) in [5.74, 6) is 0. The van der Waals surface area contributed by atoms with Crippen LogP contribution in [0.15, 0.2) is 255 Å². The maximum Gasteiger partial charge on any atom is -0.000728 e. The number of benzene rings is 12. The number of hydrogen-bond donors (Lipinski definition) is 0. The second-order valence-corrected chi connectivity index (χ2v) is 17.8. The fourth-order valence-electron chi connectivity index (χ4n) is 11.3. The SMILES string of the molecule is c1ccc(-c2ccccc2-c2cc(-c3ccccc3)c(-c3ccccc3-c3ccccc3)c(-c3cccc4c3Cc3ccccc3-4)c2-c2cccc3c4ccccc4c4ccccc4c23)cc1. The number of hydrogen-bond acceptors (Lipinski definition) is 0. The first-order valence-corrected chi connectivity index (χ1v) is 23.4. The van der Waals surface area contributed by atoms with E-state index in [4.69, 9.17) is 0 Å². The molecule has 0 bridgehead atoms. The van der Waals surface area contributed by atoms with Gasteiger partial charge in [-0.25, -0.2) is 0 Å². The molecule has 67 heavy (non-hydrogen) atoms. The lowest BCUT2D eigenvalue weighted by molar-refractivity contribution is 1.26. The molecule has 0 saturated carbocycles. The van der Waals surface area contributed by atoms with Crippen LogP contribution in [0, 0.1) is 0 Å². The van der Waals surface area contributed by atoms with Crippen molar-refractivity contribution in [3.8, 4) is 89.0 Å². The summed E-state index contributed by atoms with van der Waals surface area (Å²) in [7, 11) is 0. The first kappa shape index (κ1) is 38.8. The molecule has 312 valence electrons. The zero-order valence-electron chi connectivity index (χ0n) is 37.0. The smallest absolute Gasteiger partial charge is 0.000728 e. The fourth-order valence-corrected chi connectivity index (χ4v) is 11.3. The van der Waals surface area contributed by atoms with Crippen LogP contribution in [0.2, 0.25) is 0 Å². The van der Waals surface area contributed by atoms with Gasteiger partial charge in [0.2, 0.25) is 0 Å². The van der Waals surface area contributed by atoms with Crippen molar-refractivity contribution in [3.63, 3.8) is 0 Å². The molecule has 0 unspecified atom stereocenters. The van der Waals surface area contributed by atoms with E-state index < -0.39 is 0 Å².